The molecule has 0 aliphatic heterocycles. The summed E-state index contributed by atoms with van der Waals surface area (Å²) in [5.74, 6) is 0.844. The summed E-state index contributed by atoms with van der Waals surface area (Å²) in [6.07, 6.45) is 0. The summed E-state index contributed by atoms with van der Waals surface area (Å²) < 4.78 is 5.17. The molecular weight excluding hydrogens is 208 g/mol. The molecular formula is C13H10ClO. The Morgan fingerprint density at radius 1 is 1.13 bits per heavy atom. The molecule has 0 saturated carbocycles. The number of rotatable bonds is 2. The van der Waals surface area contributed by atoms with Gasteiger partial charge in [0, 0.05) is 11.1 Å². The molecule has 0 unspecified atom stereocenters. The smallest absolute Gasteiger partial charge is 0.119 e. The molecule has 0 fully saturated rings. The summed E-state index contributed by atoms with van der Waals surface area (Å²) in [5.41, 5.74) is 2.16. The summed E-state index contributed by atoms with van der Waals surface area (Å²) in [6, 6.07) is 16.5. The number of hydrogen-bond donors (Lipinski definition) is 0. The van der Waals surface area contributed by atoms with E-state index < -0.39 is 0 Å². The minimum absolute atomic E-state index is 0.621. The van der Waals surface area contributed by atoms with Crippen LogP contribution < -0.4 is 4.74 Å². The number of ether oxygens (including phenoxy) is 1. The van der Waals surface area contributed by atoms with Crippen molar-refractivity contribution >= 4 is 11.6 Å². The Bertz CT molecular complexity index is 466. The molecule has 2 aromatic rings. The molecule has 2 rings (SSSR count). The van der Waals surface area contributed by atoms with Crippen LogP contribution in [-0.4, -0.2) is 7.11 Å². The fourth-order valence-corrected chi connectivity index (χ4v) is 1.60. The molecule has 0 spiro atoms. The van der Waals surface area contributed by atoms with Crippen LogP contribution in [0.5, 0.6) is 5.75 Å². The zero-order valence-electron chi connectivity index (χ0n) is 8.33. The minimum atomic E-state index is 0.621. The zero-order chi connectivity index (χ0) is 10.7. The van der Waals surface area contributed by atoms with Gasteiger partial charge >= 0.3 is 0 Å². The highest BCUT2D eigenvalue weighted by Gasteiger charge is 1.99. The van der Waals surface area contributed by atoms with Crippen molar-refractivity contribution in [3.05, 3.63) is 53.6 Å². The molecule has 0 heterocycles. The van der Waals surface area contributed by atoms with Crippen molar-refractivity contribution in [3.8, 4) is 16.9 Å². The second-order valence-corrected chi connectivity index (χ2v) is 3.56. The van der Waals surface area contributed by atoms with Gasteiger partial charge in [-0.25, -0.2) is 0 Å². The topological polar surface area (TPSA) is 9.23 Å². The van der Waals surface area contributed by atoms with Crippen molar-refractivity contribution in [1.29, 1.82) is 0 Å². The number of methoxy groups -OCH3 is 1. The Balaban J connectivity index is 2.44. The quantitative estimate of drug-likeness (QED) is 0.743. The average Bonchev–Trinajstić information content (AvgIpc) is 2.29. The third-order valence-corrected chi connectivity index (χ3v) is 2.39. The highest BCUT2D eigenvalue weighted by molar-refractivity contribution is 6.30. The van der Waals surface area contributed by atoms with Gasteiger partial charge in [-0.3, -0.25) is 0 Å². The fraction of sp³-hybridized carbons (Fsp3) is 0.0769. The first kappa shape index (κ1) is 10.1. The van der Waals surface area contributed by atoms with Crippen LogP contribution in [0.3, 0.4) is 0 Å². The van der Waals surface area contributed by atoms with Crippen LogP contribution in [0, 0.1) is 6.07 Å². The van der Waals surface area contributed by atoms with Crippen molar-refractivity contribution in [3.63, 3.8) is 0 Å². The van der Waals surface area contributed by atoms with Crippen LogP contribution in [0.1, 0.15) is 0 Å². The van der Waals surface area contributed by atoms with E-state index in [-0.39, 0.29) is 0 Å². The maximum absolute atomic E-state index is 5.88. The first-order valence-electron chi connectivity index (χ1n) is 4.61. The normalized spacial score (nSPS) is 10.0. The van der Waals surface area contributed by atoms with Crippen LogP contribution >= 0.6 is 11.6 Å². The lowest BCUT2D eigenvalue weighted by Crippen LogP contribution is -1.83. The molecule has 0 aliphatic rings. The summed E-state index contributed by atoms with van der Waals surface area (Å²) >= 11 is 5.88. The van der Waals surface area contributed by atoms with Crippen LogP contribution in [-0.2, 0) is 0 Å². The third kappa shape index (κ3) is 2.31. The Kier molecular flexibility index (Phi) is 2.93. The maximum Gasteiger partial charge on any atom is 0.119 e. The van der Waals surface area contributed by atoms with Gasteiger partial charge in [0.05, 0.1) is 7.11 Å². The highest BCUT2D eigenvalue weighted by atomic mass is 35.5. The molecule has 1 radical (unpaired) electrons. The predicted octanol–water partition coefficient (Wildman–Crippen LogP) is 3.82. The molecule has 0 atom stereocenters. The van der Waals surface area contributed by atoms with Gasteiger partial charge in [0.25, 0.3) is 0 Å². The zero-order valence-corrected chi connectivity index (χ0v) is 9.08. The molecule has 75 valence electrons. The lowest BCUT2D eigenvalue weighted by atomic mass is 10.1. The molecule has 0 bridgehead atoms. The highest BCUT2D eigenvalue weighted by Crippen LogP contribution is 2.25. The largest absolute Gasteiger partial charge is 0.497 e. The summed E-state index contributed by atoms with van der Waals surface area (Å²) in [6.45, 7) is 0. The SMILES string of the molecule is COc1cccc(-c2cc[c]c(Cl)c2)c1. The average molecular weight is 218 g/mol. The van der Waals surface area contributed by atoms with E-state index in [9.17, 15) is 0 Å². The lowest BCUT2D eigenvalue weighted by molar-refractivity contribution is 0.415. The molecule has 0 aromatic heterocycles. The van der Waals surface area contributed by atoms with Gasteiger partial charge in [0.2, 0.25) is 0 Å². The Hall–Kier alpha value is -1.47. The van der Waals surface area contributed by atoms with Crippen molar-refractivity contribution in [2.24, 2.45) is 0 Å². The molecule has 1 nitrogen and oxygen atoms in total. The van der Waals surface area contributed by atoms with E-state index in [2.05, 4.69) is 6.07 Å². The van der Waals surface area contributed by atoms with E-state index in [1.54, 1.807) is 7.11 Å². The van der Waals surface area contributed by atoms with Gasteiger partial charge in [-0.1, -0.05) is 35.9 Å². The number of benzene rings is 2. The fourth-order valence-electron chi connectivity index (χ4n) is 1.42. The van der Waals surface area contributed by atoms with E-state index in [0.717, 1.165) is 16.9 Å². The summed E-state index contributed by atoms with van der Waals surface area (Å²) in [5, 5.41) is 0.621. The van der Waals surface area contributed by atoms with E-state index in [0.29, 0.717) is 5.02 Å². The molecule has 0 amide bonds. The number of halogens is 1. The summed E-state index contributed by atoms with van der Waals surface area (Å²) in [7, 11) is 1.66. The number of hydrogen-bond acceptors (Lipinski definition) is 1. The van der Waals surface area contributed by atoms with E-state index in [1.165, 1.54) is 0 Å². The minimum Gasteiger partial charge on any atom is -0.497 e. The van der Waals surface area contributed by atoms with Crippen molar-refractivity contribution in [2.75, 3.05) is 7.11 Å². The standard InChI is InChI=1S/C13H10ClO/c1-15-13-7-3-5-11(9-13)10-4-2-6-12(14)8-10/h2-5,7-9H,1H3. The van der Waals surface area contributed by atoms with Gasteiger partial charge in [0.1, 0.15) is 5.75 Å². The van der Waals surface area contributed by atoms with Crippen LogP contribution in [0.4, 0.5) is 0 Å². The van der Waals surface area contributed by atoms with Gasteiger partial charge in [-0.05, 0) is 29.3 Å². The molecule has 0 N–H and O–H groups in total. The van der Waals surface area contributed by atoms with Gasteiger partial charge in [-0.15, -0.1) is 0 Å². The van der Waals surface area contributed by atoms with Gasteiger partial charge in [-0.2, -0.15) is 0 Å². The second-order valence-electron chi connectivity index (χ2n) is 3.16. The Morgan fingerprint density at radius 2 is 1.93 bits per heavy atom. The van der Waals surface area contributed by atoms with E-state index >= 15 is 0 Å². The monoisotopic (exact) mass is 217 g/mol. The third-order valence-electron chi connectivity index (χ3n) is 2.17. The maximum atomic E-state index is 5.88. The van der Waals surface area contributed by atoms with Crippen LogP contribution in [0.15, 0.2) is 42.5 Å². The Morgan fingerprint density at radius 3 is 2.67 bits per heavy atom. The van der Waals surface area contributed by atoms with Crippen molar-refractivity contribution < 1.29 is 4.74 Å². The lowest BCUT2D eigenvalue weighted by Gasteiger charge is -2.04. The van der Waals surface area contributed by atoms with Crippen LogP contribution in [0.2, 0.25) is 5.02 Å². The summed E-state index contributed by atoms with van der Waals surface area (Å²) in [4.78, 5) is 0. The predicted molar refractivity (Wildman–Crippen MR) is 62.3 cm³/mol. The van der Waals surface area contributed by atoms with E-state index in [4.69, 9.17) is 16.3 Å². The van der Waals surface area contributed by atoms with Crippen molar-refractivity contribution in [1.82, 2.24) is 0 Å². The van der Waals surface area contributed by atoms with E-state index in [1.807, 2.05) is 42.5 Å². The molecule has 2 heteroatoms. The molecule has 0 aliphatic carbocycles. The van der Waals surface area contributed by atoms with Gasteiger partial charge < -0.3 is 4.74 Å². The first-order chi connectivity index (χ1) is 7.29. The second kappa shape index (κ2) is 4.37. The first-order valence-corrected chi connectivity index (χ1v) is 4.99. The van der Waals surface area contributed by atoms with Crippen molar-refractivity contribution in [2.45, 2.75) is 0 Å². The van der Waals surface area contributed by atoms with Gasteiger partial charge in [0.15, 0.2) is 0 Å². The molecule has 2 aromatic carbocycles. The molecule has 15 heavy (non-hydrogen) atoms. The Labute approximate surface area is 94.3 Å². The van der Waals surface area contributed by atoms with Crippen LogP contribution in [0.25, 0.3) is 11.1 Å². The molecule has 0 saturated heterocycles.